The fourth-order valence-electron chi connectivity index (χ4n) is 8.29. The topological polar surface area (TPSA) is 90.4 Å². The van der Waals surface area contributed by atoms with Gasteiger partial charge in [-0.25, -0.2) is 19.7 Å². The van der Waals surface area contributed by atoms with Crippen LogP contribution in [0.1, 0.15) is 70.3 Å². The summed E-state index contributed by atoms with van der Waals surface area (Å²) in [6.45, 7) is 18.9. The summed E-state index contributed by atoms with van der Waals surface area (Å²) in [7, 11) is 0. The molecule has 14 heteroatoms. The largest absolute Gasteiger partial charge is 0.451 e. The molecule has 1 unspecified atom stereocenters. The lowest BCUT2D eigenvalue weighted by Crippen LogP contribution is -2.68. The molecular formula is C35H49F3N8O3. The van der Waals surface area contributed by atoms with Crippen molar-refractivity contribution in [3.05, 3.63) is 35.3 Å². The number of pyridine rings is 1. The van der Waals surface area contributed by atoms with E-state index in [1.807, 2.05) is 43.7 Å². The van der Waals surface area contributed by atoms with Crippen molar-refractivity contribution in [3.8, 4) is 0 Å². The van der Waals surface area contributed by atoms with Crippen molar-refractivity contribution in [3.63, 3.8) is 0 Å². The third kappa shape index (κ3) is 6.62. The molecule has 0 saturated carbocycles. The Morgan fingerprint density at radius 3 is 2.24 bits per heavy atom. The Kier molecular flexibility index (Phi) is 8.65. The van der Waals surface area contributed by atoms with Gasteiger partial charge in [0.1, 0.15) is 23.1 Å². The van der Waals surface area contributed by atoms with Gasteiger partial charge in [0.05, 0.1) is 18.6 Å². The lowest BCUT2D eigenvalue weighted by atomic mass is 9.77. The summed E-state index contributed by atoms with van der Waals surface area (Å²) in [5, 5.41) is 0. The minimum atomic E-state index is -4.67. The van der Waals surface area contributed by atoms with Crippen LogP contribution in [0.3, 0.4) is 0 Å². The average molecular weight is 687 g/mol. The van der Waals surface area contributed by atoms with Gasteiger partial charge in [-0.3, -0.25) is 4.90 Å². The third-order valence-corrected chi connectivity index (χ3v) is 11.0. The van der Waals surface area contributed by atoms with E-state index in [1.54, 1.807) is 11.0 Å². The van der Waals surface area contributed by atoms with Crippen molar-refractivity contribution in [2.45, 2.75) is 90.2 Å². The van der Waals surface area contributed by atoms with Crippen molar-refractivity contribution < 1.29 is 27.4 Å². The molecule has 4 atom stereocenters. The Labute approximate surface area is 286 Å². The minimum Gasteiger partial charge on any atom is -0.444 e. The molecule has 5 saturated heterocycles. The number of aromatic nitrogens is 3. The number of aryl methyl sites for hydroxylation is 1. The van der Waals surface area contributed by atoms with Crippen molar-refractivity contribution in [2.24, 2.45) is 5.41 Å². The second kappa shape index (κ2) is 12.4. The first-order valence-electron chi connectivity index (χ1n) is 17.6. The lowest BCUT2D eigenvalue weighted by Gasteiger charge is -2.56. The molecule has 2 aromatic heterocycles. The van der Waals surface area contributed by atoms with Gasteiger partial charge in [-0.1, -0.05) is 0 Å². The molecule has 1 spiro atoms. The van der Waals surface area contributed by atoms with Gasteiger partial charge in [0.15, 0.2) is 0 Å². The smallest absolute Gasteiger partial charge is 0.444 e. The summed E-state index contributed by atoms with van der Waals surface area (Å²) in [4.78, 5) is 35.8. The number of carbonyl (C=O) groups is 1. The third-order valence-electron chi connectivity index (χ3n) is 11.0. The van der Waals surface area contributed by atoms with Crippen LogP contribution in [-0.2, 0) is 15.7 Å². The molecule has 7 rings (SSSR count). The predicted octanol–water partition coefficient (Wildman–Crippen LogP) is 4.94. The molecule has 0 N–H and O–H groups in total. The van der Waals surface area contributed by atoms with E-state index in [0.29, 0.717) is 50.9 Å². The molecule has 5 fully saturated rings. The summed E-state index contributed by atoms with van der Waals surface area (Å²) < 4.78 is 53.6. The van der Waals surface area contributed by atoms with Crippen molar-refractivity contribution in [1.29, 1.82) is 0 Å². The summed E-state index contributed by atoms with van der Waals surface area (Å²) in [6, 6.07) is 3.88. The Morgan fingerprint density at radius 2 is 1.67 bits per heavy atom. The summed E-state index contributed by atoms with van der Waals surface area (Å²) in [5.41, 5.74) is 2.18. The molecule has 5 aliphatic heterocycles. The number of rotatable bonds is 5. The molecule has 0 aromatic carbocycles. The number of hydrogen-bond acceptors (Lipinski definition) is 10. The molecule has 49 heavy (non-hydrogen) atoms. The van der Waals surface area contributed by atoms with Gasteiger partial charge < -0.3 is 29.1 Å². The highest BCUT2D eigenvalue weighted by Gasteiger charge is 2.50. The van der Waals surface area contributed by atoms with Crippen LogP contribution in [0.4, 0.5) is 35.4 Å². The highest BCUT2D eigenvalue weighted by molar-refractivity contribution is 5.68. The number of amides is 1. The van der Waals surface area contributed by atoms with Gasteiger partial charge in [-0.05, 0) is 71.9 Å². The number of piperidine rings is 1. The first-order valence-corrected chi connectivity index (χ1v) is 17.6. The number of piperazine rings is 1. The summed E-state index contributed by atoms with van der Waals surface area (Å²) >= 11 is 0. The molecule has 7 heterocycles. The van der Waals surface area contributed by atoms with Crippen LogP contribution in [0, 0.1) is 12.3 Å². The number of alkyl halides is 3. The van der Waals surface area contributed by atoms with Crippen molar-refractivity contribution in [2.75, 3.05) is 80.3 Å². The number of halogens is 3. The Balaban J connectivity index is 1.03. The second-order valence-electron chi connectivity index (χ2n) is 15.8. The zero-order chi connectivity index (χ0) is 34.9. The van der Waals surface area contributed by atoms with E-state index in [2.05, 4.69) is 39.7 Å². The molecule has 5 aliphatic rings. The van der Waals surface area contributed by atoms with E-state index in [-0.39, 0.29) is 35.6 Å². The zero-order valence-corrected chi connectivity index (χ0v) is 29.5. The molecule has 1 amide bonds. The first kappa shape index (κ1) is 34.1. The zero-order valence-electron chi connectivity index (χ0n) is 29.5. The van der Waals surface area contributed by atoms with E-state index in [4.69, 9.17) is 14.5 Å². The van der Waals surface area contributed by atoms with E-state index in [1.165, 1.54) is 11.1 Å². The maximum absolute atomic E-state index is 14.2. The predicted molar refractivity (Wildman–Crippen MR) is 180 cm³/mol. The molecular weight excluding hydrogens is 637 g/mol. The van der Waals surface area contributed by atoms with Gasteiger partial charge in [0, 0.05) is 88.3 Å². The second-order valence-corrected chi connectivity index (χ2v) is 15.8. The average Bonchev–Trinajstić information content (AvgIpc) is 2.98. The Bertz CT molecular complexity index is 1550. The quantitative estimate of drug-likeness (QED) is 0.431. The standard InChI is InChI=1S/C35H49F3N8O3/c1-22-7-9-39-30(44-18-34(19-44)20-48-21-34)29(22)25-8-10-45(23(2)15-25)27-16-28(41-31(40-27)35(36,37)38)46-17-26(24(46)3)42-11-13-43(14-12-42)32(47)49-33(4,5)6/h7,9,16,23-26H,8,10-15,17-21H2,1-6H3/t23-,24-,25?,26-/m1/s1. The van der Waals surface area contributed by atoms with E-state index in [9.17, 15) is 18.0 Å². The first-order chi connectivity index (χ1) is 23.1. The van der Waals surface area contributed by atoms with Gasteiger partial charge in [0.25, 0.3) is 0 Å². The molecule has 0 aliphatic carbocycles. The summed E-state index contributed by atoms with van der Waals surface area (Å²) in [5.74, 6) is 0.814. The SMILES string of the molecule is Cc1ccnc(N2CC3(COC3)C2)c1C1CCN(c2cc(N3C[C@@H](N4CCN(C(=O)OC(C)(C)C)CC4)[C@H]3C)nc(C(F)(F)F)n2)[C@H](C)C1. The number of ether oxygens (including phenoxy) is 2. The molecule has 11 nitrogen and oxygen atoms in total. The lowest BCUT2D eigenvalue weighted by molar-refractivity contribution is -0.144. The van der Waals surface area contributed by atoms with Crippen LogP contribution in [-0.4, -0.2) is 120 Å². The van der Waals surface area contributed by atoms with Crippen LogP contribution in [0.25, 0.3) is 0 Å². The Morgan fingerprint density at radius 1 is 1.00 bits per heavy atom. The maximum Gasteiger partial charge on any atom is 0.451 e. The van der Waals surface area contributed by atoms with E-state index in [0.717, 1.165) is 45.0 Å². The Hall–Kier alpha value is -3.39. The van der Waals surface area contributed by atoms with Crippen molar-refractivity contribution >= 4 is 23.5 Å². The highest BCUT2D eigenvalue weighted by Crippen LogP contribution is 2.45. The van der Waals surface area contributed by atoms with Crippen molar-refractivity contribution in [1.82, 2.24) is 24.8 Å². The number of nitrogens with zero attached hydrogens (tertiary/aromatic N) is 8. The van der Waals surface area contributed by atoms with Crippen LogP contribution < -0.4 is 14.7 Å². The summed E-state index contributed by atoms with van der Waals surface area (Å²) in [6.07, 6.45) is -1.52. The maximum atomic E-state index is 14.2. The molecule has 0 radical (unpaired) electrons. The number of carbonyl (C=O) groups excluding carboxylic acids is 1. The highest BCUT2D eigenvalue weighted by atomic mass is 19.4. The fourth-order valence-corrected chi connectivity index (χ4v) is 8.29. The van der Waals surface area contributed by atoms with E-state index < -0.39 is 17.6 Å². The van der Waals surface area contributed by atoms with Crippen LogP contribution >= 0.6 is 0 Å². The van der Waals surface area contributed by atoms with Crippen LogP contribution in [0.2, 0.25) is 0 Å². The van der Waals surface area contributed by atoms with Gasteiger partial charge in [-0.2, -0.15) is 13.2 Å². The van der Waals surface area contributed by atoms with Gasteiger partial charge >= 0.3 is 12.3 Å². The van der Waals surface area contributed by atoms with Gasteiger partial charge in [0.2, 0.25) is 5.82 Å². The van der Waals surface area contributed by atoms with E-state index >= 15 is 0 Å². The van der Waals surface area contributed by atoms with Gasteiger partial charge in [-0.15, -0.1) is 0 Å². The monoisotopic (exact) mass is 686 g/mol. The fraction of sp³-hybridized carbons (Fsp3) is 0.714. The molecule has 0 bridgehead atoms. The number of anilines is 3. The minimum absolute atomic E-state index is 0.0272. The number of hydrogen-bond donors (Lipinski definition) is 0. The molecule has 2 aromatic rings. The molecule has 268 valence electrons. The van der Waals surface area contributed by atoms with Crippen LogP contribution in [0.15, 0.2) is 18.3 Å². The normalized spacial score (nSPS) is 27.4. The van der Waals surface area contributed by atoms with Crippen LogP contribution in [0.5, 0.6) is 0 Å².